The van der Waals surface area contributed by atoms with E-state index in [4.69, 9.17) is 0 Å². The van der Waals surface area contributed by atoms with Crippen molar-refractivity contribution in [1.29, 1.82) is 0 Å². The van der Waals surface area contributed by atoms with Gasteiger partial charge in [-0.25, -0.2) is 0 Å². The molecular weight excluding hydrogens is 272 g/mol. The number of allylic oxidation sites excluding steroid dienone is 1. The van der Waals surface area contributed by atoms with Crippen molar-refractivity contribution in [2.75, 3.05) is 5.32 Å². The van der Waals surface area contributed by atoms with E-state index in [0.29, 0.717) is 6.42 Å². The van der Waals surface area contributed by atoms with Gasteiger partial charge in [0, 0.05) is 22.8 Å². The first-order valence-electron chi connectivity index (χ1n) is 7.36. The lowest BCUT2D eigenvalue weighted by Crippen LogP contribution is -2.35. The predicted octanol–water partition coefficient (Wildman–Crippen LogP) is 3.98. The van der Waals surface area contributed by atoms with Gasteiger partial charge in [0.2, 0.25) is 5.91 Å². The van der Waals surface area contributed by atoms with Crippen LogP contribution in [0.5, 0.6) is 0 Å². The minimum atomic E-state index is -0.710. The van der Waals surface area contributed by atoms with Crippen LogP contribution in [0.2, 0.25) is 0 Å². The summed E-state index contributed by atoms with van der Waals surface area (Å²) in [6.07, 6.45) is 4.34. The standard InChI is InChI=1S/C19H16N2O/c1-2-11-19(14-8-4-6-10-17(14)21-18(19)22)15-12-20-16-9-5-3-7-13(15)16/h2-10,12,20H,1,11H2,(H,21,22). The number of para-hydroxylation sites is 2. The molecule has 1 amide bonds. The van der Waals surface area contributed by atoms with Crippen molar-refractivity contribution in [2.45, 2.75) is 11.8 Å². The van der Waals surface area contributed by atoms with E-state index >= 15 is 0 Å². The Bertz CT molecular complexity index is 893. The van der Waals surface area contributed by atoms with Gasteiger partial charge in [0.05, 0.1) is 0 Å². The zero-order chi connectivity index (χ0) is 15.2. The quantitative estimate of drug-likeness (QED) is 0.703. The monoisotopic (exact) mass is 288 g/mol. The third-order valence-electron chi connectivity index (χ3n) is 4.52. The van der Waals surface area contributed by atoms with Crippen LogP contribution in [0.25, 0.3) is 10.9 Å². The highest BCUT2D eigenvalue weighted by Crippen LogP contribution is 2.47. The van der Waals surface area contributed by atoms with E-state index in [1.54, 1.807) is 0 Å². The molecule has 1 atom stereocenters. The number of rotatable bonds is 3. The van der Waals surface area contributed by atoms with Crippen molar-refractivity contribution >= 4 is 22.5 Å². The summed E-state index contributed by atoms with van der Waals surface area (Å²) in [5.41, 5.74) is 3.24. The van der Waals surface area contributed by atoms with Gasteiger partial charge in [0.15, 0.2) is 0 Å². The molecule has 108 valence electrons. The van der Waals surface area contributed by atoms with Crippen LogP contribution in [0.15, 0.2) is 67.4 Å². The summed E-state index contributed by atoms with van der Waals surface area (Å²) in [4.78, 5) is 16.2. The summed E-state index contributed by atoms with van der Waals surface area (Å²) in [6, 6.07) is 16.0. The molecule has 0 aliphatic carbocycles. The average Bonchev–Trinajstić information content (AvgIpc) is 3.08. The second kappa shape index (κ2) is 4.60. The Kier molecular flexibility index (Phi) is 2.70. The van der Waals surface area contributed by atoms with E-state index < -0.39 is 5.41 Å². The summed E-state index contributed by atoms with van der Waals surface area (Å²) in [5.74, 6) is 0.0124. The van der Waals surface area contributed by atoms with Crippen LogP contribution in [-0.2, 0) is 10.2 Å². The van der Waals surface area contributed by atoms with Crippen molar-refractivity contribution < 1.29 is 4.79 Å². The van der Waals surface area contributed by atoms with Crippen LogP contribution in [0.4, 0.5) is 5.69 Å². The Labute approximate surface area is 128 Å². The van der Waals surface area contributed by atoms with Gasteiger partial charge in [-0.05, 0) is 29.7 Å². The molecule has 1 aliphatic heterocycles. The zero-order valence-electron chi connectivity index (χ0n) is 12.1. The van der Waals surface area contributed by atoms with Crippen LogP contribution in [0, 0.1) is 0 Å². The number of benzene rings is 2. The molecule has 2 heterocycles. The van der Waals surface area contributed by atoms with Crippen molar-refractivity contribution in [3.05, 3.63) is 78.5 Å². The van der Waals surface area contributed by atoms with E-state index in [1.165, 1.54) is 0 Å². The number of H-pyrrole nitrogens is 1. The van der Waals surface area contributed by atoms with Crippen molar-refractivity contribution in [3.8, 4) is 0 Å². The van der Waals surface area contributed by atoms with E-state index in [1.807, 2.05) is 54.7 Å². The molecule has 2 aromatic carbocycles. The zero-order valence-corrected chi connectivity index (χ0v) is 12.1. The highest BCUT2D eigenvalue weighted by atomic mass is 16.2. The topological polar surface area (TPSA) is 44.9 Å². The van der Waals surface area contributed by atoms with E-state index in [2.05, 4.69) is 22.9 Å². The molecule has 3 nitrogen and oxygen atoms in total. The second-order valence-electron chi connectivity index (χ2n) is 5.65. The Morgan fingerprint density at radius 2 is 1.82 bits per heavy atom. The number of aromatic nitrogens is 1. The van der Waals surface area contributed by atoms with Gasteiger partial charge < -0.3 is 10.3 Å². The van der Waals surface area contributed by atoms with Gasteiger partial charge in [-0.2, -0.15) is 0 Å². The number of fused-ring (bicyclic) bond motifs is 2. The Morgan fingerprint density at radius 3 is 2.68 bits per heavy atom. The third kappa shape index (κ3) is 1.53. The van der Waals surface area contributed by atoms with E-state index in [0.717, 1.165) is 27.7 Å². The molecule has 3 aromatic rings. The highest BCUT2D eigenvalue weighted by molar-refractivity contribution is 6.11. The van der Waals surface area contributed by atoms with Crippen LogP contribution in [0.1, 0.15) is 17.5 Å². The molecule has 0 fully saturated rings. The Morgan fingerprint density at radius 1 is 1.05 bits per heavy atom. The maximum Gasteiger partial charge on any atom is 0.239 e. The van der Waals surface area contributed by atoms with Gasteiger partial charge in [0.1, 0.15) is 5.41 Å². The van der Waals surface area contributed by atoms with E-state index in [-0.39, 0.29) is 5.91 Å². The van der Waals surface area contributed by atoms with Gasteiger partial charge in [-0.1, -0.05) is 42.5 Å². The largest absolute Gasteiger partial charge is 0.361 e. The molecule has 2 N–H and O–H groups in total. The number of hydrogen-bond donors (Lipinski definition) is 2. The fraction of sp³-hybridized carbons (Fsp3) is 0.105. The molecular formula is C19H16N2O. The number of carbonyl (C=O) groups excluding carboxylic acids is 1. The first-order valence-corrected chi connectivity index (χ1v) is 7.36. The van der Waals surface area contributed by atoms with Crippen LogP contribution < -0.4 is 5.32 Å². The summed E-state index contributed by atoms with van der Waals surface area (Å²) in [7, 11) is 0. The first kappa shape index (κ1) is 12.9. The van der Waals surface area contributed by atoms with Crippen molar-refractivity contribution in [1.82, 2.24) is 4.98 Å². The number of carbonyl (C=O) groups is 1. The Balaban J connectivity index is 2.06. The van der Waals surface area contributed by atoms with Gasteiger partial charge in [-0.15, -0.1) is 6.58 Å². The number of hydrogen-bond acceptors (Lipinski definition) is 1. The molecule has 1 aromatic heterocycles. The van der Waals surface area contributed by atoms with Crippen molar-refractivity contribution in [2.24, 2.45) is 0 Å². The molecule has 0 radical (unpaired) electrons. The lowest BCUT2D eigenvalue weighted by atomic mass is 9.73. The lowest BCUT2D eigenvalue weighted by Gasteiger charge is -2.26. The molecule has 0 bridgehead atoms. The summed E-state index contributed by atoms with van der Waals surface area (Å²) in [6.45, 7) is 3.88. The number of aromatic amines is 1. The smallest absolute Gasteiger partial charge is 0.239 e. The number of nitrogens with one attached hydrogen (secondary N) is 2. The molecule has 22 heavy (non-hydrogen) atoms. The minimum Gasteiger partial charge on any atom is -0.361 e. The molecule has 3 heteroatoms. The van der Waals surface area contributed by atoms with Gasteiger partial charge >= 0.3 is 0 Å². The maximum absolute atomic E-state index is 12.9. The summed E-state index contributed by atoms with van der Waals surface area (Å²) < 4.78 is 0. The Hall–Kier alpha value is -2.81. The average molecular weight is 288 g/mol. The molecule has 0 saturated carbocycles. The normalized spacial score (nSPS) is 19.9. The predicted molar refractivity (Wildman–Crippen MR) is 89.0 cm³/mol. The van der Waals surface area contributed by atoms with Crippen LogP contribution in [-0.4, -0.2) is 10.9 Å². The molecule has 0 saturated heterocycles. The lowest BCUT2D eigenvalue weighted by molar-refractivity contribution is -0.119. The summed E-state index contributed by atoms with van der Waals surface area (Å²) >= 11 is 0. The van der Waals surface area contributed by atoms with Crippen LogP contribution >= 0.6 is 0 Å². The van der Waals surface area contributed by atoms with Gasteiger partial charge in [-0.3, -0.25) is 4.79 Å². The molecule has 1 aliphatic rings. The molecule has 1 unspecified atom stereocenters. The minimum absolute atomic E-state index is 0.0124. The van der Waals surface area contributed by atoms with E-state index in [9.17, 15) is 4.79 Å². The number of amides is 1. The van der Waals surface area contributed by atoms with Gasteiger partial charge in [0.25, 0.3) is 0 Å². The van der Waals surface area contributed by atoms with Crippen molar-refractivity contribution in [3.63, 3.8) is 0 Å². The molecule has 0 spiro atoms. The first-order chi connectivity index (χ1) is 10.8. The highest BCUT2D eigenvalue weighted by Gasteiger charge is 2.48. The fourth-order valence-electron chi connectivity index (χ4n) is 3.54. The SMILES string of the molecule is C=CCC1(c2c[nH]c3ccccc23)C(=O)Nc2ccccc21. The second-order valence-corrected chi connectivity index (χ2v) is 5.65. The third-order valence-corrected chi connectivity index (χ3v) is 4.52. The fourth-order valence-corrected chi connectivity index (χ4v) is 3.54. The maximum atomic E-state index is 12.9. The molecule has 4 rings (SSSR count). The number of anilines is 1. The summed E-state index contributed by atoms with van der Waals surface area (Å²) in [5, 5.41) is 4.11. The van der Waals surface area contributed by atoms with Crippen LogP contribution in [0.3, 0.4) is 0 Å².